The third kappa shape index (κ3) is 4.10. The van der Waals surface area contributed by atoms with Crippen molar-refractivity contribution in [3.63, 3.8) is 0 Å². The Morgan fingerprint density at radius 1 is 1.24 bits per heavy atom. The van der Waals surface area contributed by atoms with Gasteiger partial charge in [-0.3, -0.25) is 4.79 Å². The van der Waals surface area contributed by atoms with Gasteiger partial charge in [0.2, 0.25) is 5.91 Å². The molecular weight excluding hydrogens is 364 g/mol. The molecule has 6 nitrogen and oxygen atoms in total. The van der Waals surface area contributed by atoms with Crippen LogP contribution in [0.2, 0.25) is 0 Å². The zero-order valence-corrected chi connectivity index (χ0v) is 18.1. The van der Waals surface area contributed by atoms with E-state index in [-0.39, 0.29) is 17.6 Å². The number of aryl methyl sites for hydroxylation is 1. The fourth-order valence-corrected chi connectivity index (χ4v) is 5.29. The lowest BCUT2D eigenvalue weighted by molar-refractivity contribution is -0.135. The van der Waals surface area contributed by atoms with Crippen molar-refractivity contribution in [3.05, 3.63) is 11.9 Å². The normalized spacial score (nSPS) is 33.0. The highest BCUT2D eigenvalue weighted by atomic mass is 16.5. The number of ether oxygens (including phenoxy) is 1. The molecule has 3 saturated carbocycles. The first kappa shape index (κ1) is 19.5. The number of nitrogens with zero attached hydrogens (tertiary/aromatic N) is 4. The monoisotopic (exact) mass is 400 g/mol. The molecule has 29 heavy (non-hydrogen) atoms. The van der Waals surface area contributed by atoms with Crippen LogP contribution in [-0.2, 0) is 16.0 Å². The van der Waals surface area contributed by atoms with E-state index in [1.165, 1.54) is 19.3 Å². The van der Waals surface area contributed by atoms with E-state index in [1.807, 2.05) is 0 Å². The van der Waals surface area contributed by atoms with Crippen molar-refractivity contribution in [2.24, 2.45) is 23.2 Å². The van der Waals surface area contributed by atoms with E-state index in [0.29, 0.717) is 17.7 Å². The molecule has 1 aromatic rings. The smallest absolute Gasteiger partial charge is 0.228 e. The van der Waals surface area contributed by atoms with E-state index in [9.17, 15) is 4.79 Å². The molecule has 0 spiro atoms. The van der Waals surface area contributed by atoms with Crippen molar-refractivity contribution in [3.8, 4) is 0 Å². The average Bonchev–Trinajstić information content (AvgIpc) is 3.60. The van der Waals surface area contributed by atoms with Crippen molar-refractivity contribution in [2.45, 2.75) is 83.8 Å². The Balaban J connectivity index is 1.29. The lowest BCUT2D eigenvalue weighted by Gasteiger charge is -2.37. The minimum Gasteiger partial charge on any atom is -0.376 e. The predicted molar refractivity (Wildman–Crippen MR) is 110 cm³/mol. The Hall–Kier alpha value is -1.43. The first-order valence-corrected chi connectivity index (χ1v) is 11.9. The Morgan fingerprint density at radius 3 is 2.69 bits per heavy atom. The van der Waals surface area contributed by atoms with Crippen LogP contribution >= 0.6 is 0 Å². The summed E-state index contributed by atoms with van der Waals surface area (Å²) in [5, 5.41) is 8.94. The van der Waals surface area contributed by atoms with Crippen LogP contribution in [0.25, 0.3) is 0 Å². The molecule has 4 aliphatic rings. The molecule has 4 fully saturated rings. The van der Waals surface area contributed by atoms with Crippen molar-refractivity contribution < 1.29 is 9.53 Å². The summed E-state index contributed by atoms with van der Waals surface area (Å²) in [4.78, 5) is 15.1. The number of carbonyl (C=O) groups excluding carboxylic acids is 1. The molecule has 1 saturated heterocycles. The molecule has 1 aliphatic heterocycles. The minimum atomic E-state index is -0.0607. The molecule has 4 atom stereocenters. The Bertz CT molecular complexity index is 739. The lowest BCUT2D eigenvalue weighted by atomic mass is 9.77. The Kier molecular flexibility index (Phi) is 5.17. The van der Waals surface area contributed by atoms with Gasteiger partial charge in [-0.15, -0.1) is 5.10 Å². The number of amides is 1. The first-order chi connectivity index (χ1) is 14.1. The molecule has 0 bridgehead atoms. The fraction of sp³-hybridized carbons (Fsp3) is 0.870. The SMILES string of the molecule is CCCCc1cn([C@@H]2C[C@@H]3CN(C(=O)C4(C)CC4)C[C@@H]3C[C@H]2OCC2CC2)nn1. The maximum atomic E-state index is 12.9. The lowest BCUT2D eigenvalue weighted by Crippen LogP contribution is -2.38. The summed E-state index contributed by atoms with van der Waals surface area (Å²) in [5.74, 6) is 2.29. The van der Waals surface area contributed by atoms with Gasteiger partial charge in [0.15, 0.2) is 0 Å². The van der Waals surface area contributed by atoms with Crippen molar-refractivity contribution >= 4 is 5.91 Å². The van der Waals surface area contributed by atoms with E-state index in [4.69, 9.17) is 4.74 Å². The Labute approximate surface area is 174 Å². The van der Waals surface area contributed by atoms with E-state index in [2.05, 4.69) is 39.9 Å². The molecule has 0 N–H and O–H groups in total. The van der Waals surface area contributed by atoms with Crippen LogP contribution in [0.5, 0.6) is 0 Å². The van der Waals surface area contributed by atoms with Gasteiger partial charge in [-0.1, -0.05) is 25.5 Å². The van der Waals surface area contributed by atoms with E-state index < -0.39 is 0 Å². The first-order valence-electron chi connectivity index (χ1n) is 11.9. The molecule has 0 unspecified atom stereocenters. The summed E-state index contributed by atoms with van der Waals surface area (Å²) in [6.07, 6.45) is 12.5. The summed E-state index contributed by atoms with van der Waals surface area (Å²) < 4.78 is 8.54. The number of carbonyl (C=O) groups is 1. The third-order valence-electron chi connectivity index (χ3n) is 7.82. The number of hydrogen-bond donors (Lipinski definition) is 0. The zero-order valence-electron chi connectivity index (χ0n) is 18.1. The second-order valence-electron chi connectivity index (χ2n) is 10.4. The van der Waals surface area contributed by atoms with E-state index >= 15 is 0 Å². The molecule has 5 rings (SSSR count). The molecule has 0 radical (unpaired) electrons. The van der Waals surface area contributed by atoms with Crippen LogP contribution in [0.1, 0.15) is 76.9 Å². The number of fused-ring (bicyclic) bond motifs is 1. The van der Waals surface area contributed by atoms with Gasteiger partial charge in [0, 0.05) is 31.3 Å². The summed E-state index contributed by atoms with van der Waals surface area (Å²) in [7, 11) is 0. The molecule has 0 aromatic carbocycles. The van der Waals surface area contributed by atoms with Gasteiger partial charge in [-0.25, -0.2) is 4.68 Å². The number of aromatic nitrogens is 3. The maximum absolute atomic E-state index is 12.9. The topological polar surface area (TPSA) is 60.2 Å². The van der Waals surface area contributed by atoms with Crippen LogP contribution in [0.15, 0.2) is 6.20 Å². The summed E-state index contributed by atoms with van der Waals surface area (Å²) in [5.41, 5.74) is 1.04. The van der Waals surface area contributed by atoms with Gasteiger partial charge in [0.05, 0.1) is 17.8 Å². The summed E-state index contributed by atoms with van der Waals surface area (Å²) in [6.45, 7) is 7.07. The van der Waals surface area contributed by atoms with Gasteiger partial charge in [-0.2, -0.15) is 0 Å². The van der Waals surface area contributed by atoms with Crippen molar-refractivity contribution in [2.75, 3.05) is 19.7 Å². The van der Waals surface area contributed by atoms with Gasteiger partial charge in [0.1, 0.15) is 0 Å². The maximum Gasteiger partial charge on any atom is 0.228 e. The quantitative estimate of drug-likeness (QED) is 0.669. The van der Waals surface area contributed by atoms with Crippen LogP contribution in [-0.4, -0.2) is 51.6 Å². The number of unbranched alkanes of at least 4 members (excludes halogenated alkanes) is 1. The van der Waals surface area contributed by atoms with Crippen LogP contribution in [0.4, 0.5) is 0 Å². The van der Waals surface area contributed by atoms with Crippen LogP contribution < -0.4 is 0 Å². The summed E-state index contributed by atoms with van der Waals surface area (Å²) >= 11 is 0. The second kappa shape index (κ2) is 7.68. The highest BCUT2D eigenvalue weighted by Gasteiger charge is 2.51. The molecule has 2 heterocycles. The number of hydrogen-bond acceptors (Lipinski definition) is 4. The number of rotatable bonds is 8. The van der Waals surface area contributed by atoms with Gasteiger partial charge >= 0.3 is 0 Å². The predicted octanol–water partition coefficient (Wildman–Crippen LogP) is 3.63. The van der Waals surface area contributed by atoms with Gasteiger partial charge in [0.25, 0.3) is 0 Å². The van der Waals surface area contributed by atoms with Gasteiger partial charge < -0.3 is 9.64 Å². The highest BCUT2D eigenvalue weighted by molar-refractivity contribution is 5.85. The molecule has 6 heteroatoms. The molecule has 3 aliphatic carbocycles. The molecule has 1 amide bonds. The van der Waals surface area contributed by atoms with Gasteiger partial charge in [-0.05, 0) is 69.1 Å². The zero-order chi connectivity index (χ0) is 20.0. The van der Waals surface area contributed by atoms with Crippen LogP contribution in [0.3, 0.4) is 0 Å². The van der Waals surface area contributed by atoms with Crippen LogP contribution in [0, 0.1) is 23.2 Å². The largest absolute Gasteiger partial charge is 0.376 e. The minimum absolute atomic E-state index is 0.0607. The summed E-state index contributed by atoms with van der Waals surface area (Å²) in [6, 6.07) is 0.254. The standard InChI is InChI=1S/C23H36N4O2/c1-3-4-5-19-14-27(25-24-19)20-10-17-12-26(22(28)23(2)8-9-23)13-18(17)11-21(20)29-15-16-6-7-16/h14,16-18,20-21H,3-13,15H2,1-2H3/t17-,18+,20-,21-/m1/s1. The van der Waals surface area contributed by atoms with E-state index in [1.54, 1.807) is 0 Å². The third-order valence-corrected chi connectivity index (χ3v) is 7.82. The van der Waals surface area contributed by atoms with E-state index in [0.717, 1.165) is 69.8 Å². The Morgan fingerprint density at radius 2 is 2.00 bits per heavy atom. The van der Waals surface area contributed by atoms with Crippen molar-refractivity contribution in [1.29, 1.82) is 0 Å². The average molecular weight is 401 g/mol. The molecule has 160 valence electrons. The second-order valence-corrected chi connectivity index (χ2v) is 10.4. The highest BCUT2D eigenvalue weighted by Crippen LogP contribution is 2.49. The molecular formula is C23H36N4O2. The fourth-order valence-electron chi connectivity index (χ4n) is 5.29. The van der Waals surface area contributed by atoms with Crippen molar-refractivity contribution in [1.82, 2.24) is 19.9 Å². The number of likely N-dealkylation sites (tertiary alicyclic amines) is 1. The molecule has 1 aromatic heterocycles.